The maximum atomic E-state index is 13.5. The summed E-state index contributed by atoms with van der Waals surface area (Å²) in [7, 11) is 0. The molecule has 2 saturated carbocycles. The third-order valence-corrected chi connectivity index (χ3v) is 8.00. The van der Waals surface area contributed by atoms with E-state index in [1.54, 1.807) is 6.20 Å². The molecular formula is C23H26N6O4. The number of nitrogens with one attached hydrogen (secondary N) is 4. The van der Waals surface area contributed by atoms with E-state index in [0.29, 0.717) is 30.9 Å². The molecule has 3 aliphatic heterocycles. The number of fused-ring (bicyclic) bond motifs is 4. The highest BCUT2D eigenvalue weighted by atomic mass is 16.2. The number of amides is 5. The number of nitrogens with zero attached hydrogens (tertiary/aromatic N) is 2. The monoisotopic (exact) mass is 450 g/mol. The number of H-pyrrole nitrogens is 1. The van der Waals surface area contributed by atoms with Crippen molar-refractivity contribution in [2.45, 2.75) is 43.7 Å². The predicted octanol–water partition coefficient (Wildman–Crippen LogP) is 0.908. The van der Waals surface area contributed by atoms with Gasteiger partial charge in [0.05, 0.1) is 17.3 Å². The molecule has 7 rings (SSSR count). The number of piperidine rings is 2. The van der Waals surface area contributed by atoms with Crippen LogP contribution < -0.4 is 16.0 Å². The van der Waals surface area contributed by atoms with E-state index in [9.17, 15) is 19.2 Å². The van der Waals surface area contributed by atoms with Crippen molar-refractivity contribution in [3.05, 3.63) is 30.0 Å². The summed E-state index contributed by atoms with van der Waals surface area (Å²) in [6.07, 6.45) is 5.39. The van der Waals surface area contributed by atoms with E-state index in [2.05, 4.69) is 26.1 Å². The smallest absolute Gasteiger partial charge is 0.322 e. The molecule has 0 radical (unpaired) electrons. The van der Waals surface area contributed by atoms with Crippen molar-refractivity contribution < 1.29 is 19.2 Å². The molecule has 4 heterocycles. The van der Waals surface area contributed by atoms with Crippen molar-refractivity contribution >= 4 is 34.7 Å². The van der Waals surface area contributed by atoms with Crippen molar-refractivity contribution in [2.75, 3.05) is 13.1 Å². The lowest BCUT2D eigenvalue weighted by Gasteiger charge is -2.50. The van der Waals surface area contributed by atoms with Crippen LogP contribution in [0.3, 0.4) is 0 Å². The van der Waals surface area contributed by atoms with Crippen LogP contribution in [-0.4, -0.2) is 63.5 Å². The summed E-state index contributed by atoms with van der Waals surface area (Å²) >= 11 is 0. The average molecular weight is 450 g/mol. The van der Waals surface area contributed by atoms with Crippen LogP contribution in [0.5, 0.6) is 0 Å². The lowest BCUT2D eigenvalue weighted by molar-refractivity contribution is -0.136. The van der Waals surface area contributed by atoms with E-state index in [0.717, 1.165) is 36.7 Å². The molecular weight excluding hydrogens is 424 g/mol. The van der Waals surface area contributed by atoms with Crippen molar-refractivity contribution in [2.24, 2.45) is 17.8 Å². The highest BCUT2D eigenvalue weighted by Crippen LogP contribution is 2.42. The molecule has 33 heavy (non-hydrogen) atoms. The van der Waals surface area contributed by atoms with Crippen LogP contribution in [0.2, 0.25) is 0 Å². The third kappa shape index (κ3) is 3.19. The van der Waals surface area contributed by atoms with Crippen LogP contribution in [0.1, 0.15) is 42.5 Å². The predicted molar refractivity (Wildman–Crippen MR) is 117 cm³/mol. The second kappa shape index (κ2) is 7.29. The maximum Gasteiger partial charge on any atom is 0.322 e. The van der Waals surface area contributed by atoms with Gasteiger partial charge in [0, 0.05) is 30.4 Å². The summed E-state index contributed by atoms with van der Waals surface area (Å²) in [6, 6.07) is 5.23. The van der Waals surface area contributed by atoms with Crippen molar-refractivity contribution in [1.29, 1.82) is 0 Å². The average Bonchev–Trinajstić information content (AvgIpc) is 3.39. The molecule has 4 N–H and O–H groups in total. The molecule has 10 nitrogen and oxygen atoms in total. The van der Waals surface area contributed by atoms with Gasteiger partial charge in [-0.25, -0.2) is 4.79 Å². The van der Waals surface area contributed by atoms with Gasteiger partial charge in [-0.1, -0.05) is 6.07 Å². The Kier molecular flexibility index (Phi) is 4.46. The number of benzene rings is 1. The number of carbonyl (C=O) groups excluding carboxylic acids is 4. The van der Waals surface area contributed by atoms with E-state index in [1.807, 2.05) is 23.1 Å². The number of hydrogen-bond acceptors (Lipinski definition) is 5. The fraction of sp³-hybridized carbons (Fsp3) is 0.522. The van der Waals surface area contributed by atoms with Gasteiger partial charge >= 0.3 is 6.03 Å². The lowest BCUT2D eigenvalue weighted by atomic mass is 9.67. The number of carbonyl (C=O) groups is 4. The molecule has 172 valence electrons. The molecule has 5 fully saturated rings. The summed E-state index contributed by atoms with van der Waals surface area (Å²) in [5.41, 5.74) is 0.589. The fourth-order valence-corrected chi connectivity index (χ4v) is 6.26. The standard InChI is InChI=1S/C23H26N6O4/c30-19(14-7-23(8-14)21(32)26-22(33)27-23)24-9-13-6-12-4-5-18(13)29(11-12)20(31)15-2-1-3-17-16(15)10-25-28-17/h1-3,10,12-14,18H,4-9,11H2,(H,24,30)(H,25,28)(H2,26,27,32,33). The minimum absolute atomic E-state index is 0.0247. The highest BCUT2D eigenvalue weighted by Gasteiger charge is 2.57. The molecule has 2 aromatic rings. The Hall–Kier alpha value is -3.43. The number of aromatic nitrogens is 2. The summed E-state index contributed by atoms with van der Waals surface area (Å²) in [4.78, 5) is 51.5. The number of hydrogen-bond donors (Lipinski definition) is 4. The summed E-state index contributed by atoms with van der Waals surface area (Å²) < 4.78 is 0. The van der Waals surface area contributed by atoms with Crippen LogP contribution >= 0.6 is 0 Å². The topological polar surface area (TPSA) is 136 Å². The first-order valence-electron chi connectivity index (χ1n) is 11.6. The van der Waals surface area contributed by atoms with Gasteiger partial charge in [0.15, 0.2) is 0 Å². The molecule has 5 aliphatic rings. The SMILES string of the molecule is O=C1NC(=O)C2(CC(C(=O)NCC3CC4CCC3N(C(=O)c3cccc5[nH]ncc35)C4)C2)N1. The van der Waals surface area contributed by atoms with Gasteiger partial charge in [-0.2, -0.15) is 5.10 Å². The first-order chi connectivity index (χ1) is 15.9. The second-order valence-corrected chi connectivity index (χ2v) is 9.94. The molecule has 5 amide bonds. The minimum atomic E-state index is -0.916. The summed E-state index contributed by atoms with van der Waals surface area (Å²) in [6.45, 7) is 1.27. The molecule has 10 heteroatoms. The summed E-state index contributed by atoms with van der Waals surface area (Å²) in [5.74, 6) is -0.0470. The zero-order valence-electron chi connectivity index (χ0n) is 18.1. The number of rotatable bonds is 4. The second-order valence-electron chi connectivity index (χ2n) is 9.94. The zero-order chi connectivity index (χ0) is 22.7. The number of imide groups is 1. The highest BCUT2D eigenvalue weighted by molar-refractivity contribution is 6.08. The van der Waals surface area contributed by atoms with Crippen LogP contribution in [0, 0.1) is 17.8 Å². The molecule has 3 saturated heterocycles. The van der Waals surface area contributed by atoms with Gasteiger partial charge < -0.3 is 15.5 Å². The maximum absolute atomic E-state index is 13.5. The quantitative estimate of drug-likeness (QED) is 0.513. The van der Waals surface area contributed by atoms with Crippen molar-refractivity contribution in [3.63, 3.8) is 0 Å². The Balaban J connectivity index is 1.10. The molecule has 2 bridgehead atoms. The Morgan fingerprint density at radius 2 is 2.06 bits per heavy atom. The van der Waals surface area contributed by atoms with Crippen LogP contribution in [-0.2, 0) is 9.59 Å². The molecule has 1 aromatic heterocycles. The van der Waals surface area contributed by atoms with Crippen LogP contribution in [0.15, 0.2) is 24.4 Å². The normalized spacial score (nSPS) is 32.5. The van der Waals surface area contributed by atoms with E-state index in [1.165, 1.54) is 0 Å². The van der Waals surface area contributed by atoms with Crippen LogP contribution in [0.4, 0.5) is 4.79 Å². The van der Waals surface area contributed by atoms with Crippen molar-refractivity contribution in [3.8, 4) is 0 Å². The lowest BCUT2D eigenvalue weighted by Crippen LogP contribution is -2.61. The Morgan fingerprint density at radius 3 is 2.82 bits per heavy atom. The van der Waals surface area contributed by atoms with Gasteiger partial charge in [-0.05, 0) is 56.1 Å². The Bertz CT molecular complexity index is 1170. The van der Waals surface area contributed by atoms with E-state index < -0.39 is 11.6 Å². The van der Waals surface area contributed by atoms with E-state index in [4.69, 9.17) is 0 Å². The zero-order valence-corrected chi connectivity index (χ0v) is 18.1. The first-order valence-corrected chi connectivity index (χ1v) is 11.6. The molecule has 2 aliphatic carbocycles. The van der Waals surface area contributed by atoms with Gasteiger partial charge in [0.1, 0.15) is 5.54 Å². The van der Waals surface area contributed by atoms with Gasteiger partial charge in [0.25, 0.3) is 11.8 Å². The molecule has 1 aromatic carbocycles. The minimum Gasteiger partial charge on any atom is -0.356 e. The Labute approximate surface area is 189 Å². The molecule has 3 unspecified atom stereocenters. The van der Waals surface area contributed by atoms with E-state index in [-0.39, 0.29) is 35.6 Å². The largest absolute Gasteiger partial charge is 0.356 e. The fourth-order valence-electron chi connectivity index (χ4n) is 6.26. The Morgan fingerprint density at radius 1 is 1.21 bits per heavy atom. The van der Waals surface area contributed by atoms with Crippen LogP contribution in [0.25, 0.3) is 10.9 Å². The van der Waals surface area contributed by atoms with E-state index >= 15 is 0 Å². The summed E-state index contributed by atoms with van der Waals surface area (Å²) in [5, 5.41) is 15.8. The number of urea groups is 1. The van der Waals surface area contributed by atoms with Gasteiger partial charge in [0.2, 0.25) is 5.91 Å². The molecule has 3 atom stereocenters. The molecule has 1 spiro atoms. The van der Waals surface area contributed by atoms with Crippen molar-refractivity contribution in [1.82, 2.24) is 31.0 Å². The third-order valence-electron chi connectivity index (χ3n) is 8.00. The first kappa shape index (κ1) is 20.2. The van der Waals surface area contributed by atoms with Gasteiger partial charge in [-0.15, -0.1) is 0 Å². The van der Waals surface area contributed by atoms with Gasteiger partial charge in [-0.3, -0.25) is 24.8 Å². The number of aromatic amines is 1.